The molecule has 2 amide bonds. The molecule has 36 heavy (non-hydrogen) atoms. The molecule has 1 unspecified atom stereocenters. The zero-order valence-corrected chi connectivity index (χ0v) is 21.0. The Hall–Kier alpha value is -3.45. The molecule has 3 aromatic rings. The predicted octanol–water partition coefficient (Wildman–Crippen LogP) is 4.52. The lowest BCUT2D eigenvalue weighted by Gasteiger charge is -2.35. The summed E-state index contributed by atoms with van der Waals surface area (Å²) in [5, 5.41) is 3.30. The Bertz CT molecular complexity index is 1160. The van der Waals surface area contributed by atoms with Gasteiger partial charge in [-0.15, -0.1) is 0 Å². The number of amides is 2. The van der Waals surface area contributed by atoms with Gasteiger partial charge in [-0.3, -0.25) is 9.59 Å². The number of benzene rings is 2. The first-order chi connectivity index (χ1) is 17.4. The number of hydrogen-bond donors (Lipinski definition) is 1. The molecule has 0 bridgehead atoms. The van der Waals surface area contributed by atoms with Crippen molar-refractivity contribution in [2.75, 3.05) is 31.1 Å². The second-order valence-electron chi connectivity index (χ2n) is 9.05. The smallest absolute Gasteiger partial charge is 0.253 e. The average molecular weight is 509 g/mol. The van der Waals surface area contributed by atoms with E-state index in [1.165, 1.54) is 17.7 Å². The van der Waals surface area contributed by atoms with Gasteiger partial charge in [0.1, 0.15) is 11.6 Å². The monoisotopic (exact) mass is 508 g/mol. The molecule has 6 nitrogen and oxygen atoms in total. The number of pyridine rings is 1. The largest absolute Gasteiger partial charge is 0.353 e. The molecule has 0 spiro atoms. The third-order valence-electron chi connectivity index (χ3n) is 6.44. The van der Waals surface area contributed by atoms with Gasteiger partial charge in [-0.25, -0.2) is 9.37 Å². The van der Waals surface area contributed by atoms with Crippen LogP contribution in [0.1, 0.15) is 34.8 Å². The van der Waals surface area contributed by atoms with Gasteiger partial charge in [-0.05, 0) is 49.6 Å². The van der Waals surface area contributed by atoms with E-state index in [1.807, 2.05) is 31.2 Å². The number of halogens is 2. The number of aryl methyl sites for hydroxylation is 1. The van der Waals surface area contributed by atoms with E-state index >= 15 is 0 Å². The van der Waals surface area contributed by atoms with E-state index in [2.05, 4.69) is 27.3 Å². The van der Waals surface area contributed by atoms with Crippen molar-refractivity contribution in [3.8, 4) is 0 Å². The summed E-state index contributed by atoms with van der Waals surface area (Å²) in [7, 11) is 0. The number of hydrogen-bond acceptors (Lipinski definition) is 4. The highest BCUT2D eigenvalue weighted by atomic mass is 35.5. The first-order valence-electron chi connectivity index (χ1n) is 12.2. The van der Waals surface area contributed by atoms with Crippen LogP contribution in [0.25, 0.3) is 0 Å². The molecular formula is C28H30ClFN4O2. The van der Waals surface area contributed by atoms with Crippen LogP contribution in [0.5, 0.6) is 0 Å². The van der Waals surface area contributed by atoms with Gasteiger partial charge in [-0.2, -0.15) is 0 Å². The number of piperazine rings is 1. The van der Waals surface area contributed by atoms with E-state index in [4.69, 9.17) is 11.6 Å². The van der Waals surface area contributed by atoms with Crippen molar-refractivity contribution in [1.29, 1.82) is 0 Å². The third-order valence-corrected chi connectivity index (χ3v) is 6.80. The zero-order valence-electron chi connectivity index (χ0n) is 20.3. The molecule has 1 fully saturated rings. The molecule has 0 saturated carbocycles. The summed E-state index contributed by atoms with van der Waals surface area (Å²) < 4.78 is 14.0. The Kier molecular flexibility index (Phi) is 8.54. The van der Waals surface area contributed by atoms with Crippen LogP contribution in [0.15, 0.2) is 66.9 Å². The Morgan fingerprint density at radius 3 is 2.44 bits per heavy atom. The molecule has 2 aromatic carbocycles. The third kappa shape index (κ3) is 6.61. The van der Waals surface area contributed by atoms with Gasteiger partial charge in [-0.1, -0.05) is 48.0 Å². The SMILES string of the molecule is CC(CCc1ccccc1)NC(=O)c1ccc(N2CCN(C(=O)Cc3c(F)cccc3Cl)CC2)nc1. The van der Waals surface area contributed by atoms with Gasteiger partial charge in [0.25, 0.3) is 5.91 Å². The van der Waals surface area contributed by atoms with Crippen LogP contribution in [0.3, 0.4) is 0 Å². The quantitative estimate of drug-likeness (QED) is 0.486. The van der Waals surface area contributed by atoms with Crippen LogP contribution in [0.2, 0.25) is 5.02 Å². The molecule has 1 aliphatic rings. The van der Waals surface area contributed by atoms with E-state index in [1.54, 1.807) is 23.2 Å². The van der Waals surface area contributed by atoms with Gasteiger partial charge in [0.05, 0.1) is 12.0 Å². The summed E-state index contributed by atoms with van der Waals surface area (Å²) in [5.41, 5.74) is 2.00. The van der Waals surface area contributed by atoms with Crippen LogP contribution < -0.4 is 10.2 Å². The van der Waals surface area contributed by atoms with Crippen LogP contribution >= 0.6 is 11.6 Å². The lowest BCUT2D eigenvalue weighted by atomic mass is 10.1. The van der Waals surface area contributed by atoms with E-state index in [0.717, 1.165) is 18.7 Å². The topological polar surface area (TPSA) is 65.5 Å². The predicted molar refractivity (Wildman–Crippen MR) is 140 cm³/mol. The fourth-order valence-corrected chi connectivity index (χ4v) is 4.49. The summed E-state index contributed by atoms with van der Waals surface area (Å²) in [6, 6.07) is 18.3. The molecule has 188 valence electrons. The molecule has 8 heteroatoms. The summed E-state index contributed by atoms with van der Waals surface area (Å²) in [6.45, 7) is 4.22. The summed E-state index contributed by atoms with van der Waals surface area (Å²) >= 11 is 6.06. The highest BCUT2D eigenvalue weighted by molar-refractivity contribution is 6.31. The fourth-order valence-electron chi connectivity index (χ4n) is 4.26. The van der Waals surface area contributed by atoms with Crippen LogP contribution in [0.4, 0.5) is 10.2 Å². The van der Waals surface area contributed by atoms with Gasteiger partial charge in [0.2, 0.25) is 5.91 Å². The number of nitrogens with zero attached hydrogens (tertiary/aromatic N) is 3. The summed E-state index contributed by atoms with van der Waals surface area (Å²) in [4.78, 5) is 33.6. The maximum Gasteiger partial charge on any atom is 0.253 e. The number of rotatable bonds is 8. The molecule has 2 heterocycles. The number of carbonyl (C=O) groups excluding carboxylic acids is 2. The maximum atomic E-state index is 14.0. The van der Waals surface area contributed by atoms with Crippen molar-refractivity contribution in [3.63, 3.8) is 0 Å². The molecule has 0 radical (unpaired) electrons. The molecule has 1 aromatic heterocycles. The van der Waals surface area contributed by atoms with Gasteiger partial charge in [0.15, 0.2) is 0 Å². The van der Waals surface area contributed by atoms with Gasteiger partial charge in [0, 0.05) is 49.0 Å². The molecular weight excluding hydrogens is 479 g/mol. The van der Waals surface area contributed by atoms with Crippen molar-refractivity contribution in [3.05, 3.63) is 94.4 Å². The highest BCUT2D eigenvalue weighted by Gasteiger charge is 2.24. The van der Waals surface area contributed by atoms with Crippen LogP contribution in [0, 0.1) is 5.82 Å². The number of carbonyl (C=O) groups is 2. The summed E-state index contributed by atoms with van der Waals surface area (Å²) in [5.74, 6) is 0.00108. The van der Waals surface area contributed by atoms with E-state index in [0.29, 0.717) is 31.7 Å². The molecule has 1 saturated heterocycles. The minimum Gasteiger partial charge on any atom is -0.353 e. The fraction of sp³-hybridized carbons (Fsp3) is 0.321. The summed E-state index contributed by atoms with van der Waals surface area (Å²) in [6.07, 6.45) is 3.29. The Morgan fingerprint density at radius 1 is 1.03 bits per heavy atom. The molecule has 1 N–H and O–H groups in total. The average Bonchev–Trinajstić information content (AvgIpc) is 2.90. The lowest BCUT2D eigenvalue weighted by Crippen LogP contribution is -2.49. The second kappa shape index (κ2) is 12.0. The normalized spacial score (nSPS) is 14.4. The van der Waals surface area contributed by atoms with E-state index < -0.39 is 5.82 Å². The van der Waals surface area contributed by atoms with E-state index in [-0.39, 0.29) is 34.9 Å². The van der Waals surface area contributed by atoms with Gasteiger partial charge >= 0.3 is 0 Å². The van der Waals surface area contributed by atoms with Crippen molar-refractivity contribution in [1.82, 2.24) is 15.2 Å². The number of aromatic nitrogens is 1. The molecule has 1 aliphatic heterocycles. The number of anilines is 1. The van der Waals surface area contributed by atoms with E-state index in [9.17, 15) is 14.0 Å². The maximum absolute atomic E-state index is 14.0. The first kappa shape index (κ1) is 25.6. The molecule has 4 rings (SSSR count). The van der Waals surface area contributed by atoms with Crippen LogP contribution in [-0.2, 0) is 17.6 Å². The minimum absolute atomic E-state index is 0.0437. The first-order valence-corrected chi connectivity index (χ1v) is 12.5. The minimum atomic E-state index is -0.464. The van der Waals surface area contributed by atoms with Crippen molar-refractivity contribution < 1.29 is 14.0 Å². The molecule has 0 aliphatic carbocycles. The number of nitrogens with one attached hydrogen (secondary N) is 1. The Labute approximate surface area is 216 Å². The Morgan fingerprint density at radius 2 is 1.78 bits per heavy atom. The standard InChI is InChI=1S/C28H30ClFN4O2/c1-20(10-11-21-6-3-2-4-7-21)32-28(36)22-12-13-26(31-19-22)33-14-16-34(17-15-33)27(35)18-23-24(29)8-5-9-25(23)30/h2-9,12-13,19-20H,10-11,14-18H2,1H3,(H,32,36). The van der Waals surface area contributed by atoms with Crippen molar-refractivity contribution in [2.24, 2.45) is 0 Å². The van der Waals surface area contributed by atoms with Crippen LogP contribution in [-0.4, -0.2) is 53.9 Å². The molecule has 1 atom stereocenters. The second-order valence-corrected chi connectivity index (χ2v) is 9.46. The lowest BCUT2D eigenvalue weighted by molar-refractivity contribution is -0.130. The van der Waals surface area contributed by atoms with Gasteiger partial charge < -0.3 is 15.1 Å². The Balaban J connectivity index is 1.25. The van der Waals surface area contributed by atoms with Crippen molar-refractivity contribution >= 4 is 29.2 Å². The zero-order chi connectivity index (χ0) is 25.5. The van der Waals surface area contributed by atoms with Crippen molar-refractivity contribution in [2.45, 2.75) is 32.2 Å². The highest BCUT2D eigenvalue weighted by Crippen LogP contribution is 2.21.